The van der Waals surface area contributed by atoms with E-state index in [-0.39, 0.29) is 15.6 Å². The number of aliphatic carboxylic acids is 1. The Hall–Kier alpha value is -1.47. The molecule has 1 N–H and O–H groups in total. The Balaban J connectivity index is 2.26. The normalized spacial score (nSPS) is 22.0. The summed E-state index contributed by atoms with van der Waals surface area (Å²) in [6.07, 6.45) is -4.69. The summed E-state index contributed by atoms with van der Waals surface area (Å²) in [6.45, 7) is -1.22. The quantitative estimate of drug-likeness (QED) is 0.885. The number of carboxylic acid groups (broad SMARTS) is 1. The highest BCUT2D eigenvalue weighted by atomic mass is 35.5. The number of carbonyl (C=O) groups excluding carboxylic acids is 1. The van der Waals surface area contributed by atoms with Gasteiger partial charge in [-0.25, -0.2) is 0 Å². The lowest BCUT2D eigenvalue weighted by molar-refractivity contribution is -0.187. The molecule has 22 heavy (non-hydrogen) atoms. The molecule has 1 heterocycles. The van der Waals surface area contributed by atoms with Gasteiger partial charge in [0.25, 0.3) is 5.91 Å². The molecule has 0 aromatic heterocycles. The van der Waals surface area contributed by atoms with Crippen LogP contribution in [0.2, 0.25) is 10.0 Å². The molecule has 1 amide bonds. The molecule has 2 atom stereocenters. The number of amides is 1. The van der Waals surface area contributed by atoms with Crippen LogP contribution in [-0.2, 0) is 4.79 Å². The molecule has 0 saturated carbocycles. The number of hydrogen-bond donors (Lipinski definition) is 1. The Morgan fingerprint density at radius 1 is 1.14 bits per heavy atom. The third-order valence-electron chi connectivity index (χ3n) is 3.45. The van der Waals surface area contributed by atoms with Crippen LogP contribution in [-0.4, -0.2) is 41.1 Å². The SMILES string of the molecule is O=C(O)[C@@H]1CN(C(=O)c2cc(Cl)cc(Cl)c2)C[C@H]1C(F)(F)F. The highest BCUT2D eigenvalue weighted by Crippen LogP contribution is 2.38. The van der Waals surface area contributed by atoms with Crippen LogP contribution in [0.15, 0.2) is 18.2 Å². The van der Waals surface area contributed by atoms with Crippen molar-refractivity contribution in [1.82, 2.24) is 4.90 Å². The first kappa shape index (κ1) is 16.9. The van der Waals surface area contributed by atoms with Crippen molar-refractivity contribution in [3.63, 3.8) is 0 Å². The third kappa shape index (κ3) is 3.47. The van der Waals surface area contributed by atoms with Gasteiger partial charge >= 0.3 is 12.1 Å². The minimum Gasteiger partial charge on any atom is -0.481 e. The predicted molar refractivity (Wildman–Crippen MR) is 73.0 cm³/mol. The number of likely N-dealkylation sites (tertiary alicyclic amines) is 1. The predicted octanol–water partition coefficient (Wildman–Crippen LogP) is 3.33. The largest absolute Gasteiger partial charge is 0.481 e. The first-order chi connectivity index (χ1) is 10.1. The summed E-state index contributed by atoms with van der Waals surface area (Å²) in [5.41, 5.74) is 0.0180. The van der Waals surface area contributed by atoms with Crippen LogP contribution >= 0.6 is 23.2 Å². The van der Waals surface area contributed by atoms with E-state index in [0.717, 1.165) is 4.90 Å². The van der Waals surface area contributed by atoms with Gasteiger partial charge in [-0.1, -0.05) is 23.2 Å². The lowest BCUT2D eigenvalue weighted by Crippen LogP contribution is -2.34. The first-order valence-electron chi connectivity index (χ1n) is 6.14. The van der Waals surface area contributed by atoms with Gasteiger partial charge in [0.05, 0.1) is 11.8 Å². The molecular formula is C13H10Cl2F3NO3. The van der Waals surface area contributed by atoms with Crippen LogP contribution in [0.5, 0.6) is 0 Å². The highest BCUT2D eigenvalue weighted by Gasteiger charge is 2.53. The monoisotopic (exact) mass is 355 g/mol. The van der Waals surface area contributed by atoms with Gasteiger partial charge in [-0.05, 0) is 18.2 Å². The molecule has 120 valence electrons. The molecule has 0 bridgehead atoms. The number of alkyl halides is 3. The average Bonchev–Trinajstić information content (AvgIpc) is 2.81. The Kier molecular flexibility index (Phi) is 4.58. The maximum atomic E-state index is 12.9. The topological polar surface area (TPSA) is 57.6 Å². The van der Waals surface area contributed by atoms with Crippen molar-refractivity contribution in [2.24, 2.45) is 11.8 Å². The maximum absolute atomic E-state index is 12.9. The van der Waals surface area contributed by atoms with Crippen LogP contribution in [0, 0.1) is 11.8 Å². The minimum atomic E-state index is -4.69. The summed E-state index contributed by atoms with van der Waals surface area (Å²) in [4.78, 5) is 24.1. The van der Waals surface area contributed by atoms with E-state index in [9.17, 15) is 22.8 Å². The molecule has 0 spiro atoms. The van der Waals surface area contributed by atoms with E-state index in [1.54, 1.807) is 0 Å². The second kappa shape index (κ2) is 5.96. The standard InChI is InChI=1S/C13H10Cl2F3NO3/c14-7-1-6(2-8(15)3-7)11(20)19-4-9(12(21)22)10(5-19)13(16,17)18/h1-3,9-10H,4-5H2,(H,21,22)/t9-,10-/m1/s1. The van der Waals surface area contributed by atoms with E-state index in [4.69, 9.17) is 28.3 Å². The van der Waals surface area contributed by atoms with Gasteiger partial charge in [-0.3, -0.25) is 9.59 Å². The molecule has 1 fully saturated rings. The Labute approximate surface area is 133 Å². The molecular weight excluding hydrogens is 346 g/mol. The molecule has 1 aliphatic rings. The molecule has 1 saturated heterocycles. The number of nitrogens with zero attached hydrogens (tertiary/aromatic N) is 1. The van der Waals surface area contributed by atoms with Crippen molar-refractivity contribution in [2.75, 3.05) is 13.1 Å². The minimum absolute atomic E-state index is 0.0180. The van der Waals surface area contributed by atoms with E-state index in [0.29, 0.717) is 0 Å². The first-order valence-corrected chi connectivity index (χ1v) is 6.90. The smallest absolute Gasteiger partial charge is 0.394 e. The molecule has 4 nitrogen and oxygen atoms in total. The van der Waals surface area contributed by atoms with Crippen LogP contribution in [0.3, 0.4) is 0 Å². The van der Waals surface area contributed by atoms with Gasteiger partial charge in [0.15, 0.2) is 0 Å². The lowest BCUT2D eigenvalue weighted by atomic mass is 9.96. The molecule has 9 heteroatoms. The van der Waals surface area contributed by atoms with Crippen molar-refractivity contribution in [3.8, 4) is 0 Å². The van der Waals surface area contributed by atoms with E-state index in [2.05, 4.69) is 0 Å². The molecule has 0 radical (unpaired) electrons. The zero-order chi connectivity index (χ0) is 16.7. The third-order valence-corrected chi connectivity index (χ3v) is 3.89. The highest BCUT2D eigenvalue weighted by molar-refractivity contribution is 6.35. The number of carbonyl (C=O) groups is 2. The van der Waals surface area contributed by atoms with Gasteiger partial charge in [0, 0.05) is 28.7 Å². The van der Waals surface area contributed by atoms with E-state index in [1.807, 2.05) is 0 Å². The van der Waals surface area contributed by atoms with Crippen molar-refractivity contribution in [2.45, 2.75) is 6.18 Å². The summed E-state index contributed by atoms with van der Waals surface area (Å²) in [7, 11) is 0. The summed E-state index contributed by atoms with van der Waals surface area (Å²) in [5, 5.41) is 9.25. The second-order valence-electron chi connectivity index (χ2n) is 4.96. The zero-order valence-corrected chi connectivity index (χ0v) is 12.4. The fraction of sp³-hybridized carbons (Fsp3) is 0.385. The molecule has 0 unspecified atom stereocenters. The fourth-order valence-corrected chi connectivity index (χ4v) is 2.94. The van der Waals surface area contributed by atoms with Crippen LogP contribution in [0.4, 0.5) is 13.2 Å². The molecule has 0 aliphatic carbocycles. The van der Waals surface area contributed by atoms with Gasteiger partial charge in [-0.15, -0.1) is 0 Å². The Bertz CT molecular complexity index is 601. The summed E-state index contributed by atoms with van der Waals surface area (Å²) >= 11 is 11.5. The van der Waals surface area contributed by atoms with Crippen molar-refractivity contribution in [1.29, 1.82) is 0 Å². The summed E-state index contributed by atoms with van der Waals surface area (Å²) in [6, 6.07) is 3.92. The van der Waals surface area contributed by atoms with E-state index < -0.39 is 43.0 Å². The number of carboxylic acids is 1. The average molecular weight is 356 g/mol. The van der Waals surface area contributed by atoms with Crippen LogP contribution in [0.1, 0.15) is 10.4 Å². The van der Waals surface area contributed by atoms with Gasteiger partial charge in [0.2, 0.25) is 0 Å². The zero-order valence-electron chi connectivity index (χ0n) is 10.9. The van der Waals surface area contributed by atoms with Crippen molar-refractivity contribution < 1.29 is 27.9 Å². The van der Waals surface area contributed by atoms with E-state index in [1.165, 1.54) is 18.2 Å². The lowest BCUT2D eigenvalue weighted by Gasteiger charge is -2.18. The number of halogens is 5. The summed E-state index contributed by atoms with van der Waals surface area (Å²) < 4.78 is 38.7. The van der Waals surface area contributed by atoms with Gasteiger partial charge in [0.1, 0.15) is 0 Å². The fourth-order valence-electron chi connectivity index (χ4n) is 2.41. The molecule has 2 rings (SSSR count). The Morgan fingerprint density at radius 3 is 2.09 bits per heavy atom. The molecule has 1 aliphatic heterocycles. The van der Waals surface area contributed by atoms with Gasteiger partial charge in [-0.2, -0.15) is 13.2 Å². The van der Waals surface area contributed by atoms with E-state index >= 15 is 0 Å². The molecule has 1 aromatic rings. The number of rotatable bonds is 2. The van der Waals surface area contributed by atoms with Crippen molar-refractivity contribution in [3.05, 3.63) is 33.8 Å². The number of hydrogen-bond acceptors (Lipinski definition) is 2. The molecule has 1 aromatic carbocycles. The van der Waals surface area contributed by atoms with Crippen LogP contribution in [0.25, 0.3) is 0 Å². The Morgan fingerprint density at radius 2 is 1.68 bits per heavy atom. The second-order valence-corrected chi connectivity index (χ2v) is 5.83. The van der Waals surface area contributed by atoms with Crippen LogP contribution < -0.4 is 0 Å². The van der Waals surface area contributed by atoms with Crippen molar-refractivity contribution >= 4 is 35.1 Å². The van der Waals surface area contributed by atoms with Gasteiger partial charge < -0.3 is 10.0 Å². The number of benzene rings is 1. The summed E-state index contributed by atoms with van der Waals surface area (Å²) in [5.74, 6) is -6.09. The maximum Gasteiger partial charge on any atom is 0.394 e.